The zero-order chi connectivity index (χ0) is 24.1. The van der Waals surface area contributed by atoms with E-state index in [1.165, 1.54) is 22.4 Å². The molecule has 0 bridgehead atoms. The molecule has 0 saturated heterocycles. The minimum absolute atomic E-state index is 0.225. The van der Waals surface area contributed by atoms with Crippen LogP contribution in [0.15, 0.2) is 89.7 Å². The lowest BCUT2D eigenvalue weighted by atomic mass is 9.76. The molecule has 0 radical (unpaired) electrons. The Morgan fingerprint density at radius 3 is 2.56 bits per heavy atom. The third-order valence-electron chi connectivity index (χ3n) is 6.43. The first-order valence-electron chi connectivity index (χ1n) is 11.6. The molecule has 5 heteroatoms. The first-order valence-corrected chi connectivity index (χ1v) is 11.6. The van der Waals surface area contributed by atoms with E-state index in [4.69, 9.17) is 4.74 Å². The van der Waals surface area contributed by atoms with Crippen molar-refractivity contribution < 1.29 is 9.53 Å². The van der Waals surface area contributed by atoms with E-state index in [1.807, 2.05) is 18.2 Å². The Morgan fingerprint density at radius 2 is 1.82 bits per heavy atom. The van der Waals surface area contributed by atoms with Gasteiger partial charge in [0.1, 0.15) is 5.75 Å². The zero-order valence-corrected chi connectivity index (χ0v) is 20.2. The number of nitrogens with zero attached hydrogens (tertiary/aromatic N) is 2. The maximum atomic E-state index is 12.6. The normalized spacial score (nSPS) is 18.4. The molecule has 1 unspecified atom stereocenters. The van der Waals surface area contributed by atoms with Crippen LogP contribution in [0, 0.1) is 6.92 Å². The lowest BCUT2D eigenvalue weighted by molar-refractivity contribution is 0.0952. The number of hydrazone groups is 1. The molecule has 34 heavy (non-hydrogen) atoms. The summed E-state index contributed by atoms with van der Waals surface area (Å²) in [5.74, 6) is 0.208. The average Bonchev–Trinajstić information content (AvgIpc) is 3.08. The number of carbonyl (C=O) groups excluding carboxylic acids is 1. The van der Waals surface area contributed by atoms with Crippen LogP contribution < -0.4 is 15.1 Å². The van der Waals surface area contributed by atoms with Gasteiger partial charge in [-0.3, -0.25) is 4.79 Å². The minimum Gasteiger partial charge on any atom is -0.496 e. The minimum atomic E-state index is -0.308. The van der Waals surface area contributed by atoms with Gasteiger partial charge in [-0.15, -0.1) is 0 Å². The van der Waals surface area contributed by atoms with Gasteiger partial charge in [0.05, 0.1) is 12.7 Å². The van der Waals surface area contributed by atoms with Crippen molar-refractivity contribution in [2.45, 2.75) is 32.6 Å². The number of ether oxygens (including phenoxy) is 1. The second-order valence-electron chi connectivity index (χ2n) is 8.73. The van der Waals surface area contributed by atoms with Gasteiger partial charge in [0.15, 0.2) is 0 Å². The van der Waals surface area contributed by atoms with Crippen molar-refractivity contribution in [3.8, 4) is 5.75 Å². The number of benzene rings is 3. The number of aryl methyl sites for hydroxylation is 1. The van der Waals surface area contributed by atoms with Crippen LogP contribution in [-0.2, 0) is 11.8 Å². The van der Waals surface area contributed by atoms with Crippen molar-refractivity contribution in [2.75, 3.05) is 18.6 Å². The maximum Gasteiger partial charge on any atom is 0.275 e. The van der Waals surface area contributed by atoms with Gasteiger partial charge in [-0.25, -0.2) is 5.43 Å². The zero-order valence-electron chi connectivity index (χ0n) is 20.2. The van der Waals surface area contributed by atoms with Crippen molar-refractivity contribution >= 4 is 17.8 Å². The number of methoxy groups -OCH3 is 1. The summed E-state index contributed by atoms with van der Waals surface area (Å²) in [4.78, 5) is 14.9. The molecule has 1 amide bonds. The highest BCUT2D eigenvalue weighted by atomic mass is 16.5. The molecule has 3 aromatic carbocycles. The summed E-state index contributed by atoms with van der Waals surface area (Å²) in [6.07, 6.45) is 4.56. The number of allylic oxidation sites excluding steroid dienone is 2. The number of anilines is 1. The van der Waals surface area contributed by atoms with E-state index in [0.717, 1.165) is 18.7 Å². The molecule has 1 aliphatic rings. The van der Waals surface area contributed by atoms with Crippen molar-refractivity contribution in [3.63, 3.8) is 0 Å². The van der Waals surface area contributed by atoms with E-state index >= 15 is 0 Å². The highest BCUT2D eigenvalue weighted by molar-refractivity contribution is 5.97. The Labute approximate surface area is 201 Å². The van der Waals surface area contributed by atoms with Gasteiger partial charge in [0.2, 0.25) is 0 Å². The monoisotopic (exact) mass is 453 g/mol. The van der Waals surface area contributed by atoms with Crippen LogP contribution in [0.5, 0.6) is 5.75 Å². The third-order valence-corrected chi connectivity index (χ3v) is 6.43. The first kappa shape index (κ1) is 23.3. The smallest absolute Gasteiger partial charge is 0.275 e. The topological polar surface area (TPSA) is 53.9 Å². The quantitative estimate of drug-likeness (QED) is 0.372. The highest BCUT2D eigenvalue weighted by Crippen LogP contribution is 2.49. The number of hydrogen-bond donors (Lipinski definition) is 1. The molecule has 1 aliphatic heterocycles. The third kappa shape index (κ3) is 4.46. The fourth-order valence-corrected chi connectivity index (χ4v) is 4.79. The Morgan fingerprint density at radius 1 is 1.09 bits per heavy atom. The average molecular weight is 454 g/mol. The fraction of sp³-hybridized carbons (Fsp3) is 0.241. The van der Waals surface area contributed by atoms with Crippen molar-refractivity contribution in [1.82, 2.24) is 5.43 Å². The van der Waals surface area contributed by atoms with E-state index in [0.29, 0.717) is 11.3 Å². The van der Waals surface area contributed by atoms with Crippen LogP contribution in [0.25, 0.3) is 0 Å². The van der Waals surface area contributed by atoms with Gasteiger partial charge in [-0.1, -0.05) is 60.2 Å². The second-order valence-corrected chi connectivity index (χ2v) is 8.73. The molecule has 0 spiro atoms. The molecule has 0 aliphatic carbocycles. The summed E-state index contributed by atoms with van der Waals surface area (Å²) in [5.41, 5.74) is 9.07. The lowest BCUT2D eigenvalue weighted by Gasteiger charge is -2.30. The largest absolute Gasteiger partial charge is 0.496 e. The number of likely N-dealkylation sites (N-methyl/N-ethyl adjacent to an activating group) is 1. The van der Waals surface area contributed by atoms with E-state index in [9.17, 15) is 4.79 Å². The van der Waals surface area contributed by atoms with Gasteiger partial charge >= 0.3 is 0 Å². The van der Waals surface area contributed by atoms with Crippen molar-refractivity contribution in [2.24, 2.45) is 5.10 Å². The number of rotatable bonds is 7. The molecule has 1 atom stereocenters. The van der Waals surface area contributed by atoms with E-state index < -0.39 is 0 Å². The van der Waals surface area contributed by atoms with Gasteiger partial charge in [0, 0.05) is 29.6 Å². The molecule has 174 valence electrons. The molecule has 1 N–H and O–H groups in total. The summed E-state index contributed by atoms with van der Waals surface area (Å²) in [5, 5.41) is 4.23. The number of fused-ring (bicyclic) bond motifs is 1. The molecular weight excluding hydrogens is 422 g/mol. The van der Waals surface area contributed by atoms with E-state index in [-0.39, 0.29) is 11.3 Å². The highest BCUT2D eigenvalue weighted by Gasteiger charge is 2.43. The van der Waals surface area contributed by atoms with Crippen LogP contribution in [0.1, 0.15) is 40.9 Å². The molecule has 0 fully saturated rings. The molecule has 4 rings (SSSR count). The van der Waals surface area contributed by atoms with E-state index in [2.05, 4.69) is 78.7 Å². The molecule has 0 saturated carbocycles. The molecule has 0 aromatic heterocycles. The summed E-state index contributed by atoms with van der Waals surface area (Å²) in [7, 11) is 1.55. The Bertz CT molecular complexity index is 1230. The van der Waals surface area contributed by atoms with E-state index in [1.54, 1.807) is 31.5 Å². The predicted octanol–water partition coefficient (Wildman–Crippen LogP) is 5.64. The SMILES string of the molecule is CCN1/C(=C\C=N\NC(=O)c2ccccc2OC)C(C)(Cc2ccccc2)c2cc(C)ccc21. The van der Waals surface area contributed by atoms with Gasteiger partial charge in [-0.05, 0) is 62.6 Å². The maximum absolute atomic E-state index is 12.6. The van der Waals surface area contributed by atoms with Gasteiger partial charge in [0.25, 0.3) is 5.91 Å². The fourth-order valence-electron chi connectivity index (χ4n) is 4.79. The molecular formula is C29H31N3O2. The summed E-state index contributed by atoms with van der Waals surface area (Å²) >= 11 is 0. The number of nitrogens with one attached hydrogen (secondary N) is 1. The predicted molar refractivity (Wildman–Crippen MR) is 139 cm³/mol. The number of amides is 1. The first-order chi connectivity index (χ1) is 16.5. The van der Waals surface area contributed by atoms with Crippen LogP contribution in [-0.4, -0.2) is 25.8 Å². The van der Waals surface area contributed by atoms with Crippen LogP contribution in [0.4, 0.5) is 5.69 Å². The van der Waals surface area contributed by atoms with Crippen molar-refractivity contribution in [1.29, 1.82) is 0 Å². The molecule has 1 heterocycles. The standard InChI is InChI=1S/C29H31N3O2/c1-5-32-25-16-15-21(2)19-24(25)29(3,20-22-11-7-6-8-12-22)27(32)17-18-30-31-28(33)23-13-9-10-14-26(23)34-4/h6-19H,5,20H2,1-4H3,(H,31,33)/b27-17-,30-18+. The molecule has 3 aromatic rings. The van der Waals surface area contributed by atoms with Crippen molar-refractivity contribution in [3.05, 3.63) is 107 Å². The summed E-state index contributed by atoms with van der Waals surface area (Å²) < 4.78 is 5.28. The van der Waals surface area contributed by atoms with Gasteiger partial charge in [-0.2, -0.15) is 5.10 Å². The Balaban J connectivity index is 1.65. The van der Waals surface area contributed by atoms with Crippen LogP contribution in [0.2, 0.25) is 0 Å². The second kappa shape index (κ2) is 9.96. The Kier molecular flexibility index (Phi) is 6.82. The van der Waals surface area contributed by atoms with Crippen LogP contribution in [0.3, 0.4) is 0 Å². The molecule has 5 nitrogen and oxygen atoms in total. The summed E-state index contributed by atoms with van der Waals surface area (Å²) in [6, 6.07) is 24.3. The summed E-state index contributed by atoms with van der Waals surface area (Å²) in [6.45, 7) is 7.43. The van der Waals surface area contributed by atoms with Crippen LogP contribution >= 0.6 is 0 Å². The number of hydrogen-bond acceptors (Lipinski definition) is 4. The van der Waals surface area contributed by atoms with Gasteiger partial charge < -0.3 is 9.64 Å². The Hall–Kier alpha value is -3.86. The number of para-hydroxylation sites is 1. The number of carbonyl (C=O) groups is 1. The lowest BCUT2D eigenvalue weighted by Crippen LogP contribution is -2.31.